The van der Waals surface area contributed by atoms with Crippen molar-refractivity contribution in [3.05, 3.63) is 71.9 Å². The summed E-state index contributed by atoms with van der Waals surface area (Å²) in [6.07, 6.45) is 4.71. The van der Waals surface area contributed by atoms with Crippen molar-refractivity contribution in [2.24, 2.45) is 0 Å². The molecule has 1 fully saturated rings. The van der Waals surface area contributed by atoms with Crippen LogP contribution in [0.1, 0.15) is 24.6 Å². The zero-order chi connectivity index (χ0) is 22.7. The third-order valence-electron chi connectivity index (χ3n) is 5.98. The molecule has 0 N–H and O–H groups in total. The molecule has 0 radical (unpaired) electrons. The summed E-state index contributed by atoms with van der Waals surface area (Å²) < 4.78 is 15.0. The van der Waals surface area contributed by atoms with Gasteiger partial charge < -0.3 is 9.80 Å². The van der Waals surface area contributed by atoms with Gasteiger partial charge in [0.05, 0.1) is 11.7 Å². The van der Waals surface area contributed by atoms with Crippen molar-refractivity contribution in [1.29, 1.82) is 0 Å². The Kier molecular flexibility index (Phi) is 6.30. The summed E-state index contributed by atoms with van der Waals surface area (Å²) in [6.45, 7) is 2.79. The summed E-state index contributed by atoms with van der Waals surface area (Å²) >= 11 is 0. The van der Waals surface area contributed by atoms with Gasteiger partial charge in [-0.1, -0.05) is 12.1 Å². The van der Waals surface area contributed by atoms with Gasteiger partial charge in [-0.2, -0.15) is 5.10 Å². The van der Waals surface area contributed by atoms with Gasteiger partial charge in [0, 0.05) is 57.1 Å². The van der Waals surface area contributed by atoms with Crippen LogP contribution in [0, 0.1) is 5.82 Å². The normalized spacial score (nSPS) is 15.7. The number of carbonyl (C=O) groups excluding carboxylic acids is 2. The second-order valence-electron chi connectivity index (χ2n) is 8.13. The van der Waals surface area contributed by atoms with Gasteiger partial charge in [-0.15, -0.1) is 0 Å². The van der Waals surface area contributed by atoms with E-state index in [1.165, 1.54) is 19.1 Å². The number of nitrogens with zero attached hydrogens (tertiary/aromatic N) is 5. The average molecular weight is 436 g/mol. The Hall–Kier alpha value is -3.55. The molecular weight excluding hydrogens is 409 g/mol. The maximum atomic E-state index is 13.3. The number of likely N-dealkylation sites (N-methyl/N-ethyl adjacent to an activating group) is 1. The molecule has 0 bridgehead atoms. The van der Waals surface area contributed by atoms with E-state index >= 15 is 0 Å². The highest BCUT2D eigenvalue weighted by Gasteiger charge is 2.30. The molecular formula is C24H26FN5O2. The van der Waals surface area contributed by atoms with Gasteiger partial charge in [-0.25, -0.2) is 4.39 Å². The zero-order valence-corrected chi connectivity index (χ0v) is 18.2. The molecule has 4 rings (SSSR count). The number of aromatic nitrogens is 3. The van der Waals surface area contributed by atoms with Crippen LogP contribution in [0.25, 0.3) is 11.3 Å². The predicted molar refractivity (Wildman–Crippen MR) is 118 cm³/mol. The van der Waals surface area contributed by atoms with Crippen molar-refractivity contribution < 1.29 is 14.0 Å². The van der Waals surface area contributed by atoms with E-state index in [0.717, 1.165) is 28.9 Å². The lowest BCUT2D eigenvalue weighted by molar-refractivity contribution is -0.133. The van der Waals surface area contributed by atoms with Crippen LogP contribution in [0.4, 0.5) is 4.39 Å². The maximum Gasteiger partial charge on any atom is 0.244 e. The number of pyridine rings is 1. The van der Waals surface area contributed by atoms with E-state index in [-0.39, 0.29) is 30.2 Å². The summed E-state index contributed by atoms with van der Waals surface area (Å²) in [5.74, 6) is -0.317. The van der Waals surface area contributed by atoms with Crippen LogP contribution in [-0.4, -0.2) is 62.6 Å². The van der Waals surface area contributed by atoms with Crippen LogP contribution in [0.5, 0.6) is 0 Å². The lowest BCUT2D eigenvalue weighted by atomic mass is 10.1. The maximum absolute atomic E-state index is 13.3. The quantitative estimate of drug-likeness (QED) is 0.597. The molecule has 166 valence electrons. The summed E-state index contributed by atoms with van der Waals surface area (Å²) in [5, 5.41) is 4.69. The number of hydrogen-bond donors (Lipinski definition) is 0. The van der Waals surface area contributed by atoms with Crippen molar-refractivity contribution in [2.75, 3.05) is 20.1 Å². The fourth-order valence-electron chi connectivity index (χ4n) is 3.98. The largest absolute Gasteiger partial charge is 0.341 e. The van der Waals surface area contributed by atoms with Crippen molar-refractivity contribution in [3.63, 3.8) is 0 Å². The number of likely N-dealkylation sites (tertiary alicyclic amines) is 1. The summed E-state index contributed by atoms with van der Waals surface area (Å²) in [7, 11) is 1.77. The molecule has 8 heteroatoms. The molecule has 1 saturated heterocycles. The topological polar surface area (TPSA) is 71.3 Å². The first kappa shape index (κ1) is 21.7. The number of benzene rings is 1. The lowest BCUT2D eigenvalue weighted by Crippen LogP contribution is -2.39. The fraction of sp³-hybridized carbons (Fsp3) is 0.333. The first-order valence-corrected chi connectivity index (χ1v) is 10.6. The van der Waals surface area contributed by atoms with E-state index in [1.54, 1.807) is 46.1 Å². The number of rotatable bonds is 6. The minimum atomic E-state index is -0.283. The standard InChI is InChI=1S/C24H26FN5O2/c1-17(31)28(2)21-9-12-29(15-21)24(32)16-30-22(13-18-3-5-20(25)6-4-18)14-23(27-30)19-7-10-26-11-8-19/h3-8,10-11,14,21H,9,12-13,15-16H2,1-2H3. The van der Waals surface area contributed by atoms with E-state index < -0.39 is 0 Å². The minimum absolute atomic E-state index is 0.0000444. The van der Waals surface area contributed by atoms with Crippen LogP contribution >= 0.6 is 0 Å². The van der Waals surface area contributed by atoms with Crippen LogP contribution < -0.4 is 0 Å². The molecule has 1 aromatic carbocycles. The molecule has 1 aliphatic heterocycles. The number of amides is 2. The van der Waals surface area contributed by atoms with Gasteiger partial charge in [-0.05, 0) is 42.3 Å². The van der Waals surface area contributed by atoms with E-state index in [4.69, 9.17) is 5.10 Å². The second kappa shape index (κ2) is 9.30. The summed E-state index contributed by atoms with van der Waals surface area (Å²) in [4.78, 5) is 32.2. The van der Waals surface area contributed by atoms with E-state index in [0.29, 0.717) is 19.5 Å². The molecule has 3 aromatic rings. The Morgan fingerprint density at radius 3 is 2.56 bits per heavy atom. The third-order valence-corrected chi connectivity index (χ3v) is 5.98. The zero-order valence-electron chi connectivity index (χ0n) is 18.2. The molecule has 0 saturated carbocycles. The van der Waals surface area contributed by atoms with Crippen LogP contribution in [0.3, 0.4) is 0 Å². The van der Waals surface area contributed by atoms with Crippen molar-refractivity contribution in [3.8, 4) is 11.3 Å². The first-order chi connectivity index (χ1) is 15.4. The van der Waals surface area contributed by atoms with Crippen molar-refractivity contribution in [1.82, 2.24) is 24.6 Å². The smallest absolute Gasteiger partial charge is 0.244 e. The molecule has 1 unspecified atom stereocenters. The Morgan fingerprint density at radius 2 is 1.88 bits per heavy atom. The highest BCUT2D eigenvalue weighted by atomic mass is 19.1. The first-order valence-electron chi connectivity index (χ1n) is 10.6. The Balaban J connectivity index is 1.55. The lowest BCUT2D eigenvalue weighted by Gasteiger charge is -2.23. The van der Waals surface area contributed by atoms with Gasteiger partial charge in [0.1, 0.15) is 12.4 Å². The molecule has 1 aliphatic rings. The highest BCUT2D eigenvalue weighted by Crippen LogP contribution is 2.22. The van der Waals surface area contributed by atoms with Gasteiger partial charge in [0.25, 0.3) is 0 Å². The minimum Gasteiger partial charge on any atom is -0.341 e. The van der Waals surface area contributed by atoms with Gasteiger partial charge in [-0.3, -0.25) is 19.3 Å². The summed E-state index contributed by atoms with van der Waals surface area (Å²) in [5.41, 5.74) is 3.47. The van der Waals surface area contributed by atoms with Gasteiger partial charge in [0.2, 0.25) is 11.8 Å². The molecule has 7 nitrogen and oxygen atoms in total. The van der Waals surface area contributed by atoms with E-state index in [1.807, 2.05) is 18.2 Å². The van der Waals surface area contributed by atoms with E-state index in [9.17, 15) is 14.0 Å². The fourth-order valence-corrected chi connectivity index (χ4v) is 3.98. The molecule has 0 aliphatic carbocycles. The Bertz CT molecular complexity index is 1100. The molecule has 2 aromatic heterocycles. The van der Waals surface area contributed by atoms with Crippen molar-refractivity contribution in [2.45, 2.75) is 32.4 Å². The molecule has 32 heavy (non-hydrogen) atoms. The van der Waals surface area contributed by atoms with Crippen LogP contribution in [0.2, 0.25) is 0 Å². The number of carbonyl (C=O) groups is 2. The number of halogens is 1. The van der Waals surface area contributed by atoms with Gasteiger partial charge in [0.15, 0.2) is 0 Å². The summed E-state index contributed by atoms with van der Waals surface area (Å²) in [6, 6.07) is 12.1. The predicted octanol–water partition coefficient (Wildman–Crippen LogP) is 2.75. The monoisotopic (exact) mass is 435 g/mol. The number of hydrogen-bond acceptors (Lipinski definition) is 4. The molecule has 1 atom stereocenters. The van der Waals surface area contributed by atoms with Crippen LogP contribution in [-0.2, 0) is 22.6 Å². The Morgan fingerprint density at radius 1 is 1.16 bits per heavy atom. The van der Waals surface area contributed by atoms with Crippen molar-refractivity contribution >= 4 is 11.8 Å². The Labute approximate surface area is 186 Å². The average Bonchev–Trinajstić information content (AvgIpc) is 3.43. The molecule has 2 amide bonds. The second-order valence-corrected chi connectivity index (χ2v) is 8.13. The highest BCUT2D eigenvalue weighted by molar-refractivity contribution is 5.77. The SMILES string of the molecule is CC(=O)N(C)C1CCN(C(=O)Cn2nc(-c3ccncc3)cc2Cc2ccc(F)cc2)C1. The van der Waals surface area contributed by atoms with Gasteiger partial charge >= 0.3 is 0 Å². The van der Waals surface area contributed by atoms with Crippen LogP contribution in [0.15, 0.2) is 54.9 Å². The molecule has 0 spiro atoms. The van der Waals surface area contributed by atoms with E-state index in [2.05, 4.69) is 4.98 Å². The third kappa shape index (κ3) is 4.85. The molecule has 3 heterocycles.